The first-order valence-corrected chi connectivity index (χ1v) is 12.0. The molecule has 2 saturated heterocycles. The molecule has 0 radical (unpaired) electrons. The number of ether oxygens (including phenoxy) is 2. The standard InChI is InChI=1S/C26H33N3O2/c1-2-5-22-16-24(15-21(22)4-1)29-9-3-6-23(18-29)28-12-10-27(11-13-28)17-20-7-8-25-26(14-20)31-19-30-25/h1-2,4-5,7-8,14,23-24H,3,6,9-13,15-19H2. The van der Waals surface area contributed by atoms with E-state index in [1.807, 2.05) is 6.07 Å². The minimum atomic E-state index is 0.350. The summed E-state index contributed by atoms with van der Waals surface area (Å²) >= 11 is 0. The van der Waals surface area contributed by atoms with Crippen LogP contribution in [-0.2, 0) is 19.4 Å². The van der Waals surface area contributed by atoms with Crippen molar-refractivity contribution in [3.8, 4) is 11.5 Å². The van der Waals surface area contributed by atoms with Crippen molar-refractivity contribution in [2.45, 2.75) is 44.3 Å². The van der Waals surface area contributed by atoms with Gasteiger partial charge in [0.2, 0.25) is 6.79 Å². The Labute approximate surface area is 185 Å². The first kappa shape index (κ1) is 19.6. The third kappa shape index (κ3) is 4.07. The lowest BCUT2D eigenvalue weighted by molar-refractivity contribution is 0.0373. The average Bonchev–Trinajstić information content (AvgIpc) is 3.46. The summed E-state index contributed by atoms with van der Waals surface area (Å²) < 4.78 is 11.0. The van der Waals surface area contributed by atoms with Gasteiger partial charge in [0, 0.05) is 51.4 Å². The number of nitrogens with zero attached hydrogens (tertiary/aromatic N) is 3. The third-order valence-corrected chi connectivity index (χ3v) is 7.74. The van der Waals surface area contributed by atoms with Gasteiger partial charge in [-0.1, -0.05) is 30.3 Å². The van der Waals surface area contributed by atoms with Crippen molar-refractivity contribution in [2.75, 3.05) is 46.1 Å². The third-order valence-electron chi connectivity index (χ3n) is 7.74. The summed E-state index contributed by atoms with van der Waals surface area (Å²) in [6.07, 6.45) is 5.19. The van der Waals surface area contributed by atoms with Gasteiger partial charge >= 0.3 is 0 Å². The molecule has 0 aromatic heterocycles. The van der Waals surface area contributed by atoms with E-state index in [9.17, 15) is 0 Å². The molecule has 2 fully saturated rings. The van der Waals surface area contributed by atoms with Crippen molar-refractivity contribution >= 4 is 0 Å². The number of rotatable bonds is 4. The van der Waals surface area contributed by atoms with Crippen molar-refractivity contribution in [3.63, 3.8) is 0 Å². The quantitative estimate of drug-likeness (QED) is 0.759. The van der Waals surface area contributed by atoms with Crippen molar-refractivity contribution in [1.82, 2.24) is 14.7 Å². The number of likely N-dealkylation sites (tertiary alicyclic amines) is 1. The highest BCUT2D eigenvalue weighted by Gasteiger charge is 2.33. The number of hydrogen-bond donors (Lipinski definition) is 0. The maximum absolute atomic E-state index is 5.54. The van der Waals surface area contributed by atoms with Crippen molar-refractivity contribution in [3.05, 3.63) is 59.2 Å². The zero-order chi connectivity index (χ0) is 20.6. The second kappa shape index (κ2) is 8.45. The Morgan fingerprint density at radius 2 is 1.55 bits per heavy atom. The zero-order valence-electron chi connectivity index (χ0n) is 18.3. The lowest BCUT2D eigenvalue weighted by Crippen LogP contribution is -2.56. The van der Waals surface area contributed by atoms with Gasteiger partial charge in [0.05, 0.1) is 0 Å². The van der Waals surface area contributed by atoms with E-state index < -0.39 is 0 Å². The van der Waals surface area contributed by atoms with Gasteiger partial charge in [-0.25, -0.2) is 0 Å². The molecule has 0 N–H and O–H groups in total. The van der Waals surface area contributed by atoms with E-state index in [0.29, 0.717) is 12.8 Å². The van der Waals surface area contributed by atoms with Gasteiger partial charge in [-0.2, -0.15) is 0 Å². The van der Waals surface area contributed by atoms with Crippen molar-refractivity contribution in [1.29, 1.82) is 0 Å². The topological polar surface area (TPSA) is 28.2 Å². The molecule has 0 amide bonds. The summed E-state index contributed by atoms with van der Waals surface area (Å²) in [5, 5.41) is 0. The summed E-state index contributed by atoms with van der Waals surface area (Å²) in [5.74, 6) is 1.77. The first-order valence-electron chi connectivity index (χ1n) is 12.0. The van der Waals surface area contributed by atoms with Crippen LogP contribution in [0.25, 0.3) is 0 Å². The average molecular weight is 420 g/mol. The van der Waals surface area contributed by atoms with E-state index in [1.54, 1.807) is 11.1 Å². The van der Waals surface area contributed by atoms with Gasteiger partial charge in [0.15, 0.2) is 11.5 Å². The normalized spacial score (nSPS) is 25.1. The van der Waals surface area contributed by atoms with Gasteiger partial charge in [-0.05, 0) is 61.1 Å². The van der Waals surface area contributed by atoms with Gasteiger partial charge < -0.3 is 9.47 Å². The highest BCUT2D eigenvalue weighted by atomic mass is 16.7. The fourth-order valence-corrected chi connectivity index (χ4v) is 5.99. The van der Waals surface area contributed by atoms with Crippen LogP contribution in [0.2, 0.25) is 0 Å². The second-order valence-electron chi connectivity index (χ2n) is 9.62. The van der Waals surface area contributed by atoms with E-state index in [0.717, 1.165) is 37.2 Å². The number of piperazine rings is 1. The molecule has 5 heteroatoms. The molecule has 0 spiro atoms. The Balaban J connectivity index is 1.02. The molecule has 1 aliphatic carbocycles. The van der Waals surface area contributed by atoms with E-state index in [2.05, 4.69) is 51.1 Å². The molecule has 3 heterocycles. The molecule has 6 rings (SSSR count). The lowest BCUT2D eigenvalue weighted by Gasteiger charge is -2.45. The molecule has 1 atom stereocenters. The van der Waals surface area contributed by atoms with E-state index in [4.69, 9.17) is 9.47 Å². The molecule has 1 unspecified atom stereocenters. The molecule has 3 aliphatic heterocycles. The molecule has 0 saturated carbocycles. The van der Waals surface area contributed by atoms with Gasteiger partial charge in [-0.3, -0.25) is 14.7 Å². The van der Waals surface area contributed by atoms with Gasteiger partial charge in [0.25, 0.3) is 0 Å². The van der Waals surface area contributed by atoms with Crippen LogP contribution < -0.4 is 9.47 Å². The summed E-state index contributed by atoms with van der Waals surface area (Å²) in [4.78, 5) is 8.15. The van der Waals surface area contributed by atoms with Crippen molar-refractivity contribution < 1.29 is 9.47 Å². The molecular weight excluding hydrogens is 386 g/mol. The smallest absolute Gasteiger partial charge is 0.231 e. The largest absolute Gasteiger partial charge is 0.454 e. The Bertz CT molecular complexity index is 900. The number of hydrogen-bond acceptors (Lipinski definition) is 5. The Morgan fingerprint density at radius 1 is 0.774 bits per heavy atom. The van der Waals surface area contributed by atoms with E-state index in [1.165, 1.54) is 57.4 Å². The van der Waals surface area contributed by atoms with Crippen LogP contribution in [0.15, 0.2) is 42.5 Å². The Morgan fingerprint density at radius 3 is 2.35 bits per heavy atom. The SMILES string of the molecule is c1ccc2c(c1)CC(N1CCCC(N3CCN(Cc4ccc5c(c4)OCO5)CC3)C1)C2. The molecule has 2 aromatic rings. The highest BCUT2D eigenvalue weighted by molar-refractivity contribution is 5.44. The second-order valence-corrected chi connectivity index (χ2v) is 9.62. The van der Waals surface area contributed by atoms with Crippen LogP contribution in [0.3, 0.4) is 0 Å². The summed E-state index contributed by atoms with van der Waals surface area (Å²) in [6, 6.07) is 16.9. The number of fused-ring (bicyclic) bond motifs is 2. The molecule has 164 valence electrons. The Hall–Kier alpha value is -2.08. The predicted octanol–water partition coefficient (Wildman–Crippen LogP) is 3.16. The van der Waals surface area contributed by atoms with Crippen LogP contribution in [0.5, 0.6) is 11.5 Å². The number of piperidine rings is 1. The molecule has 5 nitrogen and oxygen atoms in total. The maximum atomic E-state index is 5.54. The predicted molar refractivity (Wildman–Crippen MR) is 122 cm³/mol. The molecule has 2 aromatic carbocycles. The minimum absolute atomic E-state index is 0.350. The van der Waals surface area contributed by atoms with Crippen LogP contribution in [0, 0.1) is 0 Å². The molecule has 4 aliphatic rings. The Kier molecular flexibility index (Phi) is 5.34. The van der Waals surface area contributed by atoms with Crippen LogP contribution in [0.1, 0.15) is 29.5 Å². The lowest BCUT2D eigenvalue weighted by atomic mass is 10.00. The van der Waals surface area contributed by atoms with Crippen molar-refractivity contribution in [2.24, 2.45) is 0 Å². The first-order chi connectivity index (χ1) is 15.3. The van der Waals surface area contributed by atoms with Crippen LogP contribution >= 0.6 is 0 Å². The minimum Gasteiger partial charge on any atom is -0.454 e. The zero-order valence-corrected chi connectivity index (χ0v) is 18.3. The molecule has 0 bridgehead atoms. The monoisotopic (exact) mass is 419 g/mol. The molecular formula is C26H33N3O2. The van der Waals surface area contributed by atoms with E-state index >= 15 is 0 Å². The summed E-state index contributed by atoms with van der Waals surface area (Å²) in [7, 11) is 0. The van der Waals surface area contributed by atoms with Crippen LogP contribution in [0.4, 0.5) is 0 Å². The van der Waals surface area contributed by atoms with Gasteiger partial charge in [0.1, 0.15) is 0 Å². The summed E-state index contributed by atoms with van der Waals surface area (Å²) in [5.41, 5.74) is 4.47. The summed E-state index contributed by atoms with van der Waals surface area (Å²) in [6.45, 7) is 8.56. The van der Waals surface area contributed by atoms with Crippen LogP contribution in [-0.4, -0.2) is 72.8 Å². The maximum Gasteiger partial charge on any atom is 0.231 e. The molecule has 31 heavy (non-hydrogen) atoms. The number of benzene rings is 2. The van der Waals surface area contributed by atoms with Gasteiger partial charge in [-0.15, -0.1) is 0 Å². The van der Waals surface area contributed by atoms with E-state index in [-0.39, 0.29) is 0 Å². The highest BCUT2D eigenvalue weighted by Crippen LogP contribution is 2.33. The fourth-order valence-electron chi connectivity index (χ4n) is 5.99. The fraction of sp³-hybridized carbons (Fsp3) is 0.538.